The van der Waals surface area contributed by atoms with Crippen molar-refractivity contribution in [2.45, 2.75) is 26.4 Å². The molecule has 0 saturated carbocycles. The van der Waals surface area contributed by atoms with E-state index < -0.39 is 5.60 Å². The number of carbonyl (C=O) groups is 1. The number of likely N-dealkylation sites (N-methyl/N-ethyl adjacent to an activating group) is 1. The van der Waals surface area contributed by atoms with Crippen LogP contribution in [0.4, 0.5) is 10.5 Å². The number of anilines is 1. The van der Waals surface area contributed by atoms with Crippen LogP contribution < -0.4 is 10.5 Å². The van der Waals surface area contributed by atoms with Crippen LogP contribution in [-0.2, 0) is 4.74 Å². The standard InChI is InChI=1S/C14H21ClN2O3/c1-14(2,3)20-13(18)17(4)7-8-19-12-6-5-10(15)9-11(12)16/h5-6,9H,7-8,16H2,1-4H3. The molecular weight excluding hydrogens is 280 g/mol. The summed E-state index contributed by atoms with van der Waals surface area (Å²) in [6, 6.07) is 5.02. The number of hydrogen-bond acceptors (Lipinski definition) is 4. The molecule has 20 heavy (non-hydrogen) atoms. The molecule has 0 atom stereocenters. The van der Waals surface area contributed by atoms with Crippen LogP contribution in [0.2, 0.25) is 5.02 Å². The van der Waals surface area contributed by atoms with E-state index in [1.807, 2.05) is 20.8 Å². The van der Waals surface area contributed by atoms with Crippen molar-refractivity contribution in [1.82, 2.24) is 4.90 Å². The van der Waals surface area contributed by atoms with Gasteiger partial charge in [0.15, 0.2) is 0 Å². The Balaban J connectivity index is 2.42. The fourth-order valence-electron chi connectivity index (χ4n) is 1.37. The van der Waals surface area contributed by atoms with Crippen LogP contribution >= 0.6 is 11.6 Å². The Morgan fingerprint density at radius 2 is 2.05 bits per heavy atom. The van der Waals surface area contributed by atoms with Gasteiger partial charge in [-0.2, -0.15) is 0 Å². The molecule has 2 N–H and O–H groups in total. The van der Waals surface area contributed by atoms with E-state index in [0.717, 1.165) is 0 Å². The van der Waals surface area contributed by atoms with Gasteiger partial charge >= 0.3 is 6.09 Å². The molecule has 1 aromatic rings. The first-order valence-electron chi connectivity index (χ1n) is 6.31. The molecule has 1 aromatic carbocycles. The Kier molecular flexibility index (Phi) is 5.51. The van der Waals surface area contributed by atoms with E-state index in [1.54, 1.807) is 25.2 Å². The molecule has 5 nitrogen and oxygen atoms in total. The Bertz CT molecular complexity index is 472. The van der Waals surface area contributed by atoms with Crippen LogP contribution in [0, 0.1) is 0 Å². The third-order valence-corrected chi connectivity index (χ3v) is 2.60. The van der Waals surface area contributed by atoms with Crippen LogP contribution in [0.3, 0.4) is 0 Å². The minimum atomic E-state index is -0.507. The van der Waals surface area contributed by atoms with Crippen molar-refractivity contribution in [3.05, 3.63) is 23.2 Å². The molecule has 0 aliphatic heterocycles. The highest BCUT2D eigenvalue weighted by molar-refractivity contribution is 6.30. The van der Waals surface area contributed by atoms with Crippen LogP contribution in [0.25, 0.3) is 0 Å². The van der Waals surface area contributed by atoms with E-state index in [0.29, 0.717) is 29.6 Å². The summed E-state index contributed by atoms with van der Waals surface area (Å²) in [5, 5.41) is 0.556. The maximum absolute atomic E-state index is 11.7. The first kappa shape index (κ1) is 16.4. The summed E-state index contributed by atoms with van der Waals surface area (Å²) in [4.78, 5) is 13.2. The molecule has 0 aliphatic rings. The van der Waals surface area contributed by atoms with Crippen LogP contribution in [0.1, 0.15) is 20.8 Å². The van der Waals surface area contributed by atoms with Gasteiger partial charge in [0.05, 0.1) is 12.2 Å². The Hall–Kier alpha value is -1.62. The normalized spacial score (nSPS) is 11.1. The lowest BCUT2D eigenvalue weighted by molar-refractivity contribution is 0.0278. The zero-order chi connectivity index (χ0) is 15.3. The lowest BCUT2D eigenvalue weighted by Gasteiger charge is -2.24. The van der Waals surface area contributed by atoms with Crippen molar-refractivity contribution in [1.29, 1.82) is 0 Å². The second-order valence-corrected chi connectivity index (χ2v) is 5.87. The second-order valence-electron chi connectivity index (χ2n) is 5.43. The quantitative estimate of drug-likeness (QED) is 0.867. The number of nitrogen functional groups attached to an aromatic ring is 1. The number of rotatable bonds is 4. The van der Waals surface area contributed by atoms with E-state index in [2.05, 4.69) is 0 Å². The molecule has 0 aliphatic carbocycles. The van der Waals surface area contributed by atoms with E-state index in [4.69, 9.17) is 26.8 Å². The Labute approximate surface area is 124 Å². The van der Waals surface area contributed by atoms with Crippen molar-refractivity contribution in [3.63, 3.8) is 0 Å². The number of ether oxygens (including phenoxy) is 2. The summed E-state index contributed by atoms with van der Waals surface area (Å²) in [5.74, 6) is 0.548. The van der Waals surface area contributed by atoms with Crippen molar-refractivity contribution < 1.29 is 14.3 Å². The van der Waals surface area contributed by atoms with Gasteiger partial charge in [-0.1, -0.05) is 11.6 Å². The van der Waals surface area contributed by atoms with Crippen LogP contribution in [0.5, 0.6) is 5.75 Å². The summed E-state index contributed by atoms with van der Waals surface area (Å²) >= 11 is 5.80. The van der Waals surface area contributed by atoms with E-state index in [-0.39, 0.29) is 6.09 Å². The van der Waals surface area contributed by atoms with Crippen molar-refractivity contribution in [2.75, 3.05) is 25.9 Å². The fraction of sp³-hybridized carbons (Fsp3) is 0.500. The third-order valence-electron chi connectivity index (χ3n) is 2.36. The summed E-state index contributed by atoms with van der Waals surface area (Å²) in [7, 11) is 1.66. The number of halogens is 1. The first-order valence-corrected chi connectivity index (χ1v) is 6.69. The largest absolute Gasteiger partial charge is 0.490 e. The minimum absolute atomic E-state index is 0.321. The highest BCUT2D eigenvalue weighted by Crippen LogP contribution is 2.24. The molecule has 0 spiro atoms. The van der Waals surface area contributed by atoms with Crippen molar-refractivity contribution in [2.24, 2.45) is 0 Å². The van der Waals surface area contributed by atoms with Gasteiger partial charge in [0.2, 0.25) is 0 Å². The van der Waals surface area contributed by atoms with Gasteiger partial charge in [-0.25, -0.2) is 4.79 Å². The molecule has 112 valence electrons. The third kappa shape index (κ3) is 5.57. The number of carbonyl (C=O) groups excluding carboxylic acids is 1. The van der Waals surface area contributed by atoms with Crippen LogP contribution in [-0.4, -0.2) is 36.8 Å². The zero-order valence-electron chi connectivity index (χ0n) is 12.3. The van der Waals surface area contributed by atoms with Crippen molar-refractivity contribution >= 4 is 23.4 Å². The molecule has 1 amide bonds. The monoisotopic (exact) mass is 300 g/mol. The second kappa shape index (κ2) is 6.70. The van der Waals surface area contributed by atoms with Gasteiger partial charge in [-0.05, 0) is 39.0 Å². The molecule has 0 aromatic heterocycles. The first-order chi connectivity index (χ1) is 9.19. The summed E-state index contributed by atoms with van der Waals surface area (Å²) < 4.78 is 10.7. The molecule has 0 heterocycles. The smallest absolute Gasteiger partial charge is 0.410 e. The van der Waals surface area contributed by atoms with E-state index in [1.165, 1.54) is 4.90 Å². The van der Waals surface area contributed by atoms with Gasteiger partial charge in [0, 0.05) is 12.1 Å². The SMILES string of the molecule is CN(CCOc1ccc(Cl)cc1N)C(=O)OC(C)(C)C. The molecular formula is C14H21ClN2O3. The van der Waals surface area contributed by atoms with E-state index in [9.17, 15) is 4.79 Å². The van der Waals surface area contributed by atoms with Gasteiger partial charge in [-0.3, -0.25) is 0 Å². The minimum Gasteiger partial charge on any atom is -0.490 e. The number of amides is 1. The molecule has 6 heteroatoms. The number of nitrogens with two attached hydrogens (primary N) is 1. The van der Waals surface area contributed by atoms with Gasteiger partial charge in [-0.15, -0.1) is 0 Å². The zero-order valence-corrected chi connectivity index (χ0v) is 13.0. The van der Waals surface area contributed by atoms with Crippen molar-refractivity contribution in [3.8, 4) is 5.75 Å². The molecule has 0 unspecified atom stereocenters. The topological polar surface area (TPSA) is 64.8 Å². The highest BCUT2D eigenvalue weighted by atomic mass is 35.5. The molecule has 1 rings (SSSR count). The summed E-state index contributed by atoms with van der Waals surface area (Å²) in [6.07, 6.45) is -0.384. The number of benzene rings is 1. The number of hydrogen-bond donors (Lipinski definition) is 1. The maximum atomic E-state index is 11.7. The molecule has 0 bridgehead atoms. The predicted molar refractivity (Wildman–Crippen MR) is 80.2 cm³/mol. The Morgan fingerprint density at radius 1 is 1.40 bits per heavy atom. The summed E-state index contributed by atoms with van der Waals surface area (Å²) in [5.41, 5.74) is 5.73. The van der Waals surface area contributed by atoms with Gasteiger partial charge < -0.3 is 20.1 Å². The average Bonchev–Trinajstić information content (AvgIpc) is 2.29. The maximum Gasteiger partial charge on any atom is 0.410 e. The lowest BCUT2D eigenvalue weighted by atomic mass is 10.2. The predicted octanol–water partition coefficient (Wildman–Crippen LogP) is 3.17. The molecule has 0 saturated heterocycles. The fourth-order valence-corrected chi connectivity index (χ4v) is 1.55. The van der Waals surface area contributed by atoms with Gasteiger partial charge in [0.25, 0.3) is 0 Å². The highest BCUT2D eigenvalue weighted by Gasteiger charge is 2.19. The molecule has 0 fully saturated rings. The lowest BCUT2D eigenvalue weighted by Crippen LogP contribution is -2.36. The van der Waals surface area contributed by atoms with Crippen LogP contribution in [0.15, 0.2) is 18.2 Å². The van der Waals surface area contributed by atoms with E-state index >= 15 is 0 Å². The van der Waals surface area contributed by atoms with Gasteiger partial charge in [0.1, 0.15) is 18.0 Å². The Morgan fingerprint density at radius 3 is 2.60 bits per heavy atom. The average molecular weight is 301 g/mol. The summed E-state index contributed by atoms with van der Waals surface area (Å²) in [6.45, 7) is 6.19. The number of nitrogens with zero attached hydrogens (tertiary/aromatic N) is 1. The molecule has 0 radical (unpaired) electrons.